The van der Waals surface area contributed by atoms with Crippen molar-refractivity contribution in [2.24, 2.45) is 5.73 Å². The highest BCUT2D eigenvalue weighted by atomic mass is 35.5. The topological polar surface area (TPSA) is 76.5 Å². The van der Waals surface area contributed by atoms with Crippen molar-refractivity contribution in [3.8, 4) is 11.4 Å². The molecule has 0 saturated carbocycles. The number of imidazole rings is 1. The van der Waals surface area contributed by atoms with Gasteiger partial charge in [0.2, 0.25) is 5.91 Å². The molecule has 4 rings (SSSR count). The van der Waals surface area contributed by atoms with Crippen LogP contribution in [0.25, 0.3) is 17.0 Å². The lowest BCUT2D eigenvalue weighted by Gasteiger charge is -2.32. The highest BCUT2D eigenvalue weighted by Crippen LogP contribution is 2.28. The molecule has 0 spiro atoms. The van der Waals surface area contributed by atoms with Crippen molar-refractivity contribution in [2.45, 2.75) is 18.8 Å². The third-order valence-electron chi connectivity index (χ3n) is 4.87. The number of aromatic nitrogens is 3. The number of nitrogens with two attached hydrogens (primary N) is 1. The summed E-state index contributed by atoms with van der Waals surface area (Å²) in [5.41, 5.74) is 9.08. The van der Waals surface area contributed by atoms with Gasteiger partial charge in [0, 0.05) is 30.9 Å². The molecule has 26 heavy (non-hydrogen) atoms. The number of carbonyl (C=O) groups excluding carboxylic acids is 1. The van der Waals surface area contributed by atoms with E-state index < -0.39 is 0 Å². The molecule has 0 aliphatic carbocycles. The Labute approximate surface area is 156 Å². The van der Waals surface area contributed by atoms with E-state index in [2.05, 4.69) is 4.98 Å². The van der Waals surface area contributed by atoms with Gasteiger partial charge in [0.15, 0.2) is 0 Å². The summed E-state index contributed by atoms with van der Waals surface area (Å²) in [4.78, 5) is 23.1. The summed E-state index contributed by atoms with van der Waals surface area (Å²) in [6.07, 6.45) is 5.63. The average Bonchev–Trinajstić information content (AvgIpc) is 3.10. The monoisotopic (exact) mass is 369 g/mol. The zero-order valence-corrected chi connectivity index (χ0v) is 15.1. The number of nitrogens with zero attached hydrogens (tertiary/aromatic N) is 4. The fourth-order valence-electron chi connectivity index (χ4n) is 3.54. The number of piperidine rings is 1. The molecule has 0 radical (unpaired) electrons. The molecule has 1 aliphatic rings. The lowest BCUT2D eigenvalue weighted by molar-refractivity contribution is -0.130. The van der Waals surface area contributed by atoms with Crippen LogP contribution in [0.2, 0.25) is 5.02 Å². The molecule has 134 valence electrons. The summed E-state index contributed by atoms with van der Waals surface area (Å²) in [6.45, 7) is 1.51. The van der Waals surface area contributed by atoms with Crippen molar-refractivity contribution in [3.05, 3.63) is 53.4 Å². The van der Waals surface area contributed by atoms with E-state index in [9.17, 15) is 4.79 Å². The summed E-state index contributed by atoms with van der Waals surface area (Å²) in [6, 6.07) is 9.71. The largest absolute Gasteiger partial charge is 0.341 e. The first kappa shape index (κ1) is 17.0. The second-order valence-corrected chi connectivity index (χ2v) is 6.99. The van der Waals surface area contributed by atoms with Crippen LogP contribution >= 0.6 is 11.6 Å². The van der Waals surface area contributed by atoms with Gasteiger partial charge in [0.25, 0.3) is 0 Å². The van der Waals surface area contributed by atoms with E-state index in [1.165, 1.54) is 0 Å². The molecular weight excluding hydrogens is 350 g/mol. The van der Waals surface area contributed by atoms with E-state index in [0.29, 0.717) is 11.6 Å². The van der Waals surface area contributed by atoms with Gasteiger partial charge in [0.1, 0.15) is 5.65 Å². The zero-order chi connectivity index (χ0) is 18.1. The normalized spacial score (nSPS) is 17.6. The Hall–Kier alpha value is -2.44. The van der Waals surface area contributed by atoms with Crippen LogP contribution in [0.1, 0.15) is 24.5 Å². The smallest absolute Gasteiger partial charge is 0.236 e. The van der Waals surface area contributed by atoms with E-state index in [-0.39, 0.29) is 18.4 Å². The second kappa shape index (κ2) is 7.05. The summed E-state index contributed by atoms with van der Waals surface area (Å²) in [5.74, 6) is 0.226. The number of carbonyl (C=O) groups is 1. The lowest BCUT2D eigenvalue weighted by atomic mass is 9.94. The Bertz CT molecular complexity index is 954. The Kier molecular flexibility index (Phi) is 4.61. The molecule has 1 atom stereocenters. The standard InChI is InChI=1S/C19H20ClN5O/c20-14-6-7-18-22-10-17(25(18)12-14)16-5-1-4-15(23-16)13-3-2-8-24(11-13)19(26)9-21/h1,4-7,10,12-13H,2-3,8-9,11,21H2. The van der Waals surface area contributed by atoms with Gasteiger partial charge in [-0.3, -0.25) is 14.2 Å². The number of hydrogen-bond acceptors (Lipinski definition) is 4. The summed E-state index contributed by atoms with van der Waals surface area (Å²) in [7, 11) is 0. The first-order valence-electron chi connectivity index (χ1n) is 8.73. The van der Waals surface area contributed by atoms with Crippen LogP contribution in [0.4, 0.5) is 0 Å². The van der Waals surface area contributed by atoms with E-state index in [0.717, 1.165) is 42.1 Å². The van der Waals surface area contributed by atoms with Gasteiger partial charge in [0.05, 0.1) is 29.2 Å². The Balaban J connectivity index is 1.66. The second-order valence-electron chi connectivity index (χ2n) is 6.55. The van der Waals surface area contributed by atoms with Gasteiger partial charge in [-0.25, -0.2) is 4.98 Å². The molecular formula is C19H20ClN5O. The molecule has 1 unspecified atom stereocenters. The Morgan fingerprint density at radius 2 is 2.19 bits per heavy atom. The van der Waals surface area contributed by atoms with Gasteiger partial charge in [-0.1, -0.05) is 17.7 Å². The van der Waals surface area contributed by atoms with Crippen LogP contribution < -0.4 is 5.73 Å². The number of hydrogen-bond donors (Lipinski definition) is 1. The van der Waals surface area contributed by atoms with Gasteiger partial charge in [-0.05, 0) is 37.1 Å². The molecule has 2 N–H and O–H groups in total. The predicted octanol–water partition coefficient (Wildman–Crippen LogP) is 2.71. The number of halogens is 1. The molecule has 1 aliphatic heterocycles. The van der Waals surface area contributed by atoms with E-state index in [4.69, 9.17) is 22.3 Å². The molecule has 3 aromatic heterocycles. The fraction of sp³-hybridized carbons (Fsp3) is 0.316. The minimum Gasteiger partial charge on any atom is -0.341 e. The van der Waals surface area contributed by atoms with Crippen molar-refractivity contribution < 1.29 is 4.79 Å². The van der Waals surface area contributed by atoms with Crippen LogP contribution in [0, 0.1) is 0 Å². The molecule has 3 aromatic rings. The molecule has 6 nitrogen and oxygen atoms in total. The van der Waals surface area contributed by atoms with Crippen molar-refractivity contribution in [1.82, 2.24) is 19.3 Å². The maximum Gasteiger partial charge on any atom is 0.236 e. The van der Waals surface area contributed by atoms with Gasteiger partial charge in [-0.2, -0.15) is 0 Å². The minimum absolute atomic E-state index is 0.00211. The lowest BCUT2D eigenvalue weighted by Crippen LogP contribution is -2.42. The van der Waals surface area contributed by atoms with Crippen LogP contribution in [0.5, 0.6) is 0 Å². The maximum atomic E-state index is 11.9. The first-order valence-corrected chi connectivity index (χ1v) is 9.11. The van der Waals surface area contributed by atoms with Crippen LogP contribution in [-0.2, 0) is 4.79 Å². The predicted molar refractivity (Wildman–Crippen MR) is 101 cm³/mol. The average molecular weight is 370 g/mol. The number of amides is 1. The zero-order valence-electron chi connectivity index (χ0n) is 14.3. The molecule has 0 aromatic carbocycles. The Morgan fingerprint density at radius 1 is 1.31 bits per heavy atom. The molecule has 1 saturated heterocycles. The first-order chi connectivity index (χ1) is 12.7. The van der Waals surface area contributed by atoms with Gasteiger partial charge in [-0.15, -0.1) is 0 Å². The minimum atomic E-state index is 0.00211. The van der Waals surface area contributed by atoms with Crippen molar-refractivity contribution >= 4 is 23.2 Å². The molecule has 7 heteroatoms. The number of pyridine rings is 2. The number of rotatable bonds is 3. The third-order valence-corrected chi connectivity index (χ3v) is 5.09. The van der Waals surface area contributed by atoms with E-state index >= 15 is 0 Å². The van der Waals surface area contributed by atoms with Crippen LogP contribution in [0.3, 0.4) is 0 Å². The van der Waals surface area contributed by atoms with Crippen LogP contribution in [-0.4, -0.2) is 44.8 Å². The third kappa shape index (κ3) is 3.18. The molecule has 1 amide bonds. The molecule has 0 bridgehead atoms. The van der Waals surface area contributed by atoms with Crippen LogP contribution in [0.15, 0.2) is 42.7 Å². The van der Waals surface area contributed by atoms with E-state index in [1.54, 1.807) is 0 Å². The molecule has 1 fully saturated rings. The van der Waals surface area contributed by atoms with Crippen molar-refractivity contribution in [1.29, 1.82) is 0 Å². The Morgan fingerprint density at radius 3 is 3.04 bits per heavy atom. The highest BCUT2D eigenvalue weighted by molar-refractivity contribution is 6.30. The summed E-state index contributed by atoms with van der Waals surface area (Å²) < 4.78 is 1.94. The number of fused-ring (bicyclic) bond motifs is 1. The van der Waals surface area contributed by atoms with E-state index in [1.807, 2.05) is 52.0 Å². The highest BCUT2D eigenvalue weighted by Gasteiger charge is 2.25. The van der Waals surface area contributed by atoms with Crippen molar-refractivity contribution in [2.75, 3.05) is 19.6 Å². The summed E-state index contributed by atoms with van der Waals surface area (Å²) in [5, 5.41) is 0.649. The van der Waals surface area contributed by atoms with Gasteiger partial charge >= 0.3 is 0 Å². The maximum absolute atomic E-state index is 11.9. The summed E-state index contributed by atoms with van der Waals surface area (Å²) >= 11 is 6.13. The quantitative estimate of drug-likeness (QED) is 0.770. The van der Waals surface area contributed by atoms with Crippen molar-refractivity contribution in [3.63, 3.8) is 0 Å². The molecule has 4 heterocycles. The SMILES string of the molecule is NCC(=O)N1CCCC(c2cccc(-c3cnc4ccc(Cl)cn34)n2)C1. The van der Waals surface area contributed by atoms with Gasteiger partial charge < -0.3 is 10.6 Å². The fourth-order valence-corrected chi connectivity index (χ4v) is 3.70. The number of likely N-dealkylation sites (tertiary alicyclic amines) is 1.